The number of aromatic carboxylic acids is 1. The third kappa shape index (κ3) is 2.42. The van der Waals surface area contributed by atoms with E-state index in [1.807, 2.05) is 6.92 Å². The minimum Gasteiger partial charge on any atom is -0.477 e. The maximum absolute atomic E-state index is 11.8. The van der Waals surface area contributed by atoms with Crippen LogP contribution in [0.4, 0.5) is 0 Å². The monoisotopic (exact) mass is 250 g/mol. The first kappa shape index (κ1) is 11.5. The molecule has 88 valence electrons. The normalized spacial score (nSPS) is 10.4. The first-order valence-electron chi connectivity index (χ1n) is 4.92. The van der Waals surface area contributed by atoms with E-state index in [0.717, 1.165) is 9.88 Å². The van der Waals surface area contributed by atoms with Crippen molar-refractivity contribution in [3.8, 4) is 0 Å². The fourth-order valence-corrected chi connectivity index (χ4v) is 2.26. The first-order valence-corrected chi connectivity index (χ1v) is 5.73. The van der Waals surface area contributed by atoms with Gasteiger partial charge in [0.15, 0.2) is 0 Å². The summed E-state index contributed by atoms with van der Waals surface area (Å²) in [6.45, 7) is 2.23. The number of aryl methyl sites for hydroxylation is 1. The molecule has 0 amide bonds. The fraction of sp³-hybridized carbons (Fsp3) is 0.182. The molecule has 0 aliphatic rings. The SMILES string of the molecule is Cc1ncc(Cn2cccc(C(=O)O)c2=O)s1. The molecule has 0 aliphatic heterocycles. The topological polar surface area (TPSA) is 72.2 Å². The van der Waals surface area contributed by atoms with Gasteiger partial charge < -0.3 is 9.67 Å². The molecule has 5 nitrogen and oxygen atoms in total. The van der Waals surface area contributed by atoms with E-state index >= 15 is 0 Å². The fourth-order valence-electron chi connectivity index (χ4n) is 1.47. The molecule has 2 rings (SSSR count). The van der Waals surface area contributed by atoms with Gasteiger partial charge >= 0.3 is 5.97 Å². The van der Waals surface area contributed by atoms with E-state index in [0.29, 0.717) is 6.54 Å². The molecular weight excluding hydrogens is 240 g/mol. The van der Waals surface area contributed by atoms with Gasteiger partial charge in [-0.2, -0.15) is 0 Å². The van der Waals surface area contributed by atoms with Crippen LogP contribution in [0.3, 0.4) is 0 Å². The molecule has 0 aliphatic carbocycles. The van der Waals surface area contributed by atoms with Gasteiger partial charge in [0.05, 0.1) is 11.6 Å². The molecule has 0 spiro atoms. The highest BCUT2D eigenvalue weighted by molar-refractivity contribution is 7.11. The van der Waals surface area contributed by atoms with Crippen LogP contribution in [0.5, 0.6) is 0 Å². The van der Waals surface area contributed by atoms with E-state index in [4.69, 9.17) is 5.11 Å². The summed E-state index contributed by atoms with van der Waals surface area (Å²) in [5, 5.41) is 9.76. The maximum Gasteiger partial charge on any atom is 0.341 e. The summed E-state index contributed by atoms with van der Waals surface area (Å²) < 4.78 is 1.37. The van der Waals surface area contributed by atoms with Gasteiger partial charge in [-0.15, -0.1) is 11.3 Å². The maximum atomic E-state index is 11.8. The van der Waals surface area contributed by atoms with Crippen LogP contribution < -0.4 is 5.56 Å². The average molecular weight is 250 g/mol. The molecule has 2 aromatic rings. The summed E-state index contributed by atoms with van der Waals surface area (Å²) in [6.07, 6.45) is 3.27. The van der Waals surface area contributed by atoms with Crippen molar-refractivity contribution in [1.29, 1.82) is 0 Å². The van der Waals surface area contributed by atoms with E-state index < -0.39 is 11.5 Å². The van der Waals surface area contributed by atoms with E-state index in [1.54, 1.807) is 18.5 Å². The zero-order valence-corrected chi connectivity index (χ0v) is 9.90. The van der Waals surface area contributed by atoms with Crippen molar-refractivity contribution in [2.75, 3.05) is 0 Å². The number of carboxylic acid groups (broad SMARTS) is 1. The minimum atomic E-state index is -1.20. The summed E-state index contributed by atoms with van der Waals surface area (Å²) in [4.78, 5) is 27.6. The lowest BCUT2D eigenvalue weighted by Crippen LogP contribution is -2.25. The smallest absolute Gasteiger partial charge is 0.341 e. The van der Waals surface area contributed by atoms with Gasteiger partial charge in [-0.05, 0) is 19.1 Å². The molecule has 2 heterocycles. The predicted octanol–water partition coefficient (Wildman–Crippen LogP) is 1.36. The standard InChI is InChI=1S/C11H10N2O3S/c1-7-12-5-8(17-7)6-13-4-2-3-9(10(13)14)11(15)16/h2-5H,6H2,1H3,(H,15,16). The lowest BCUT2D eigenvalue weighted by atomic mass is 10.3. The zero-order valence-electron chi connectivity index (χ0n) is 9.08. The first-order chi connectivity index (χ1) is 8.08. The highest BCUT2D eigenvalue weighted by Crippen LogP contribution is 2.12. The Morgan fingerprint density at radius 2 is 2.35 bits per heavy atom. The Kier molecular flexibility index (Phi) is 3.06. The van der Waals surface area contributed by atoms with E-state index in [2.05, 4.69) is 4.98 Å². The lowest BCUT2D eigenvalue weighted by Gasteiger charge is -2.03. The number of aromatic nitrogens is 2. The van der Waals surface area contributed by atoms with Crippen LogP contribution >= 0.6 is 11.3 Å². The van der Waals surface area contributed by atoms with Crippen molar-refractivity contribution in [2.24, 2.45) is 0 Å². The lowest BCUT2D eigenvalue weighted by molar-refractivity contribution is 0.0694. The third-order valence-corrected chi connectivity index (χ3v) is 3.14. The zero-order chi connectivity index (χ0) is 12.4. The summed E-state index contributed by atoms with van der Waals surface area (Å²) >= 11 is 1.49. The summed E-state index contributed by atoms with van der Waals surface area (Å²) in [5.74, 6) is -1.20. The Bertz CT molecular complexity index is 615. The molecular formula is C11H10N2O3S. The number of hydrogen-bond acceptors (Lipinski definition) is 4. The molecule has 0 radical (unpaired) electrons. The number of hydrogen-bond donors (Lipinski definition) is 1. The van der Waals surface area contributed by atoms with Gasteiger partial charge in [-0.1, -0.05) is 0 Å². The largest absolute Gasteiger partial charge is 0.477 e. The Balaban J connectivity index is 2.37. The van der Waals surface area contributed by atoms with Crippen LogP contribution in [0, 0.1) is 6.92 Å². The van der Waals surface area contributed by atoms with Gasteiger partial charge in [0.1, 0.15) is 5.56 Å². The highest BCUT2D eigenvalue weighted by Gasteiger charge is 2.10. The molecule has 0 fully saturated rings. The van der Waals surface area contributed by atoms with E-state index in [-0.39, 0.29) is 5.56 Å². The average Bonchev–Trinajstić information content (AvgIpc) is 2.67. The van der Waals surface area contributed by atoms with E-state index in [9.17, 15) is 9.59 Å². The van der Waals surface area contributed by atoms with Crippen molar-refractivity contribution in [2.45, 2.75) is 13.5 Å². The van der Waals surface area contributed by atoms with Gasteiger partial charge in [-0.3, -0.25) is 4.79 Å². The Morgan fingerprint density at radius 1 is 1.59 bits per heavy atom. The molecule has 0 bridgehead atoms. The molecule has 17 heavy (non-hydrogen) atoms. The van der Waals surface area contributed by atoms with Gasteiger partial charge in [0, 0.05) is 17.3 Å². The number of carbonyl (C=O) groups is 1. The van der Waals surface area contributed by atoms with Crippen molar-refractivity contribution in [3.05, 3.63) is 50.3 Å². The van der Waals surface area contributed by atoms with Crippen LogP contribution in [0.15, 0.2) is 29.3 Å². The van der Waals surface area contributed by atoms with E-state index in [1.165, 1.54) is 22.0 Å². The second-order valence-corrected chi connectivity index (χ2v) is 4.82. The molecule has 6 heteroatoms. The minimum absolute atomic E-state index is 0.214. The molecule has 2 aromatic heterocycles. The second-order valence-electron chi connectivity index (χ2n) is 3.51. The number of carboxylic acids is 1. The van der Waals surface area contributed by atoms with Gasteiger partial charge in [0.25, 0.3) is 5.56 Å². The Hall–Kier alpha value is -1.95. The quantitative estimate of drug-likeness (QED) is 0.892. The molecule has 0 aromatic carbocycles. The molecule has 0 saturated heterocycles. The van der Waals surface area contributed by atoms with Crippen LogP contribution in [0.1, 0.15) is 20.2 Å². The van der Waals surface area contributed by atoms with Crippen molar-refractivity contribution in [3.63, 3.8) is 0 Å². The molecule has 1 N–H and O–H groups in total. The van der Waals surface area contributed by atoms with Gasteiger partial charge in [-0.25, -0.2) is 9.78 Å². The van der Waals surface area contributed by atoms with Crippen molar-refractivity contribution >= 4 is 17.3 Å². The summed E-state index contributed by atoms with van der Waals surface area (Å²) in [6, 6.07) is 2.86. The summed E-state index contributed by atoms with van der Waals surface area (Å²) in [5.41, 5.74) is -0.709. The molecule has 0 saturated carbocycles. The number of pyridine rings is 1. The highest BCUT2D eigenvalue weighted by atomic mass is 32.1. The van der Waals surface area contributed by atoms with Crippen LogP contribution in [-0.2, 0) is 6.54 Å². The van der Waals surface area contributed by atoms with Gasteiger partial charge in [0.2, 0.25) is 0 Å². The predicted molar refractivity (Wildman–Crippen MR) is 63.6 cm³/mol. The van der Waals surface area contributed by atoms with Crippen LogP contribution in [0.25, 0.3) is 0 Å². The van der Waals surface area contributed by atoms with Crippen LogP contribution in [0.2, 0.25) is 0 Å². The van der Waals surface area contributed by atoms with Crippen molar-refractivity contribution in [1.82, 2.24) is 9.55 Å². The molecule has 0 unspecified atom stereocenters. The van der Waals surface area contributed by atoms with Crippen LogP contribution in [-0.4, -0.2) is 20.6 Å². The third-order valence-electron chi connectivity index (χ3n) is 2.25. The van der Waals surface area contributed by atoms with Crippen molar-refractivity contribution < 1.29 is 9.90 Å². The Morgan fingerprint density at radius 3 is 2.94 bits per heavy atom. The summed E-state index contributed by atoms with van der Waals surface area (Å²) in [7, 11) is 0. The number of thiazole rings is 1. The number of nitrogens with zero attached hydrogens (tertiary/aromatic N) is 2. The second kappa shape index (κ2) is 4.50. The molecule has 0 atom stereocenters. The number of rotatable bonds is 3. The Labute approximate surface area is 101 Å².